The number of carbonyl (C=O) groups excluding carboxylic acids is 1. The SMILES string of the molecule is CC(=O)N[C@@H](Cc1cc(F)cc(F)c1)[C@H](O)CNC1(c2cccc(N(C)C)c2)CCCCC1. The van der Waals surface area contributed by atoms with E-state index < -0.39 is 23.8 Å². The van der Waals surface area contributed by atoms with Gasteiger partial charge in [0.15, 0.2) is 0 Å². The van der Waals surface area contributed by atoms with Crippen LogP contribution in [0.15, 0.2) is 42.5 Å². The lowest BCUT2D eigenvalue weighted by Crippen LogP contribution is -2.53. The first-order chi connectivity index (χ1) is 15.7. The van der Waals surface area contributed by atoms with E-state index >= 15 is 0 Å². The van der Waals surface area contributed by atoms with Crippen molar-refractivity contribution in [1.29, 1.82) is 0 Å². The van der Waals surface area contributed by atoms with E-state index in [0.717, 1.165) is 37.4 Å². The van der Waals surface area contributed by atoms with Gasteiger partial charge < -0.3 is 20.6 Å². The van der Waals surface area contributed by atoms with Crippen molar-refractivity contribution in [3.05, 3.63) is 65.2 Å². The third-order valence-electron chi connectivity index (χ3n) is 6.50. The summed E-state index contributed by atoms with van der Waals surface area (Å²) in [6.45, 7) is 1.61. The molecule has 180 valence electrons. The van der Waals surface area contributed by atoms with Gasteiger partial charge in [-0.2, -0.15) is 0 Å². The van der Waals surface area contributed by atoms with E-state index in [9.17, 15) is 18.7 Å². The second-order valence-electron chi connectivity index (χ2n) is 9.32. The number of nitrogens with one attached hydrogen (secondary N) is 2. The Morgan fingerprint density at radius 3 is 2.36 bits per heavy atom. The van der Waals surface area contributed by atoms with Crippen LogP contribution in [0.2, 0.25) is 0 Å². The Labute approximate surface area is 195 Å². The van der Waals surface area contributed by atoms with Crippen molar-refractivity contribution in [3.63, 3.8) is 0 Å². The molecule has 7 heteroatoms. The zero-order valence-electron chi connectivity index (χ0n) is 19.7. The molecule has 2 aromatic rings. The van der Waals surface area contributed by atoms with E-state index in [1.54, 1.807) is 0 Å². The van der Waals surface area contributed by atoms with Gasteiger partial charge in [-0.25, -0.2) is 8.78 Å². The molecule has 1 saturated carbocycles. The Bertz CT molecular complexity index is 925. The molecule has 0 unspecified atom stereocenters. The second kappa shape index (κ2) is 11.1. The number of hydrogen-bond donors (Lipinski definition) is 3. The predicted molar refractivity (Wildman–Crippen MR) is 127 cm³/mol. The smallest absolute Gasteiger partial charge is 0.217 e. The summed E-state index contributed by atoms with van der Waals surface area (Å²) in [4.78, 5) is 13.8. The first kappa shape index (κ1) is 25.1. The molecule has 1 amide bonds. The molecule has 2 atom stereocenters. The van der Waals surface area contributed by atoms with Crippen molar-refractivity contribution in [1.82, 2.24) is 10.6 Å². The molecule has 33 heavy (non-hydrogen) atoms. The van der Waals surface area contributed by atoms with Crippen molar-refractivity contribution >= 4 is 11.6 Å². The first-order valence-corrected chi connectivity index (χ1v) is 11.6. The standard InChI is InChI=1S/C26H35F2N3O2/c1-18(32)30-24(14-19-12-21(27)16-22(28)13-19)25(33)17-29-26(10-5-4-6-11-26)20-8-7-9-23(15-20)31(2)3/h7-9,12-13,15-16,24-25,29,33H,4-6,10-11,14,17H2,1-3H3,(H,30,32)/t24-,25+/m0/s1. The quantitative estimate of drug-likeness (QED) is 0.532. The molecule has 1 aliphatic carbocycles. The molecule has 0 heterocycles. The summed E-state index contributed by atoms with van der Waals surface area (Å²) in [6.07, 6.45) is 4.46. The molecule has 3 N–H and O–H groups in total. The van der Waals surface area contributed by atoms with Crippen LogP contribution in [0, 0.1) is 11.6 Å². The number of amides is 1. The minimum Gasteiger partial charge on any atom is -0.390 e. The van der Waals surface area contributed by atoms with Gasteiger partial charge in [-0.15, -0.1) is 0 Å². The number of nitrogens with zero attached hydrogens (tertiary/aromatic N) is 1. The lowest BCUT2D eigenvalue weighted by molar-refractivity contribution is -0.120. The molecule has 2 aromatic carbocycles. The Morgan fingerprint density at radius 1 is 1.09 bits per heavy atom. The van der Waals surface area contributed by atoms with Crippen LogP contribution in [-0.2, 0) is 16.8 Å². The summed E-state index contributed by atoms with van der Waals surface area (Å²) in [7, 11) is 4.02. The number of carbonyl (C=O) groups is 1. The number of aliphatic hydroxyl groups is 1. The third-order valence-corrected chi connectivity index (χ3v) is 6.50. The van der Waals surface area contributed by atoms with Crippen LogP contribution >= 0.6 is 0 Å². The van der Waals surface area contributed by atoms with Crippen molar-refractivity contribution < 1.29 is 18.7 Å². The first-order valence-electron chi connectivity index (χ1n) is 11.6. The maximum atomic E-state index is 13.7. The van der Waals surface area contributed by atoms with Gasteiger partial charge in [0.05, 0.1) is 12.1 Å². The summed E-state index contributed by atoms with van der Waals surface area (Å²) in [5, 5.41) is 17.4. The van der Waals surface area contributed by atoms with E-state index in [1.165, 1.54) is 31.0 Å². The van der Waals surface area contributed by atoms with Gasteiger partial charge in [0.1, 0.15) is 11.6 Å². The minimum atomic E-state index is -0.934. The molecular formula is C26H35F2N3O2. The fourth-order valence-electron chi connectivity index (χ4n) is 4.77. The number of aliphatic hydroxyl groups excluding tert-OH is 1. The van der Waals surface area contributed by atoms with Crippen LogP contribution in [0.4, 0.5) is 14.5 Å². The number of hydrogen-bond acceptors (Lipinski definition) is 4. The van der Waals surface area contributed by atoms with Crippen molar-refractivity contribution in [2.45, 2.75) is 63.1 Å². The molecule has 0 saturated heterocycles. The lowest BCUT2D eigenvalue weighted by Gasteiger charge is -2.40. The zero-order valence-corrected chi connectivity index (χ0v) is 19.7. The van der Waals surface area contributed by atoms with E-state index in [0.29, 0.717) is 5.56 Å². The zero-order chi connectivity index (χ0) is 24.0. The highest BCUT2D eigenvalue weighted by Gasteiger charge is 2.35. The van der Waals surface area contributed by atoms with E-state index in [4.69, 9.17) is 0 Å². The number of benzene rings is 2. The Kier molecular flexibility index (Phi) is 8.43. The number of anilines is 1. The summed E-state index contributed by atoms with van der Waals surface area (Å²) >= 11 is 0. The van der Waals surface area contributed by atoms with Gasteiger partial charge >= 0.3 is 0 Å². The molecule has 1 fully saturated rings. The highest BCUT2D eigenvalue weighted by molar-refractivity contribution is 5.73. The average Bonchev–Trinajstić information content (AvgIpc) is 2.77. The summed E-state index contributed by atoms with van der Waals surface area (Å²) in [5.41, 5.74) is 2.42. The minimum absolute atomic E-state index is 0.125. The predicted octanol–water partition coefficient (Wildman–Crippen LogP) is 3.89. The Balaban J connectivity index is 1.78. The van der Waals surface area contributed by atoms with Gasteiger partial charge in [-0.1, -0.05) is 31.4 Å². The molecule has 0 aliphatic heterocycles. The molecular weight excluding hydrogens is 424 g/mol. The van der Waals surface area contributed by atoms with Gasteiger partial charge in [0.2, 0.25) is 5.91 Å². The number of rotatable bonds is 9. The fraction of sp³-hybridized carbons (Fsp3) is 0.500. The lowest BCUT2D eigenvalue weighted by atomic mass is 9.76. The number of halogens is 2. The normalized spacial score (nSPS) is 17.3. The monoisotopic (exact) mass is 459 g/mol. The van der Waals surface area contributed by atoms with Crippen LogP contribution in [0.1, 0.15) is 50.2 Å². The van der Waals surface area contributed by atoms with Crippen LogP contribution < -0.4 is 15.5 Å². The summed E-state index contributed by atoms with van der Waals surface area (Å²) < 4.78 is 27.3. The molecule has 1 aliphatic rings. The summed E-state index contributed by atoms with van der Waals surface area (Å²) in [6, 6.07) is 11.0. The van der Waals surface area contributed by atoms with Gasteiger partial charge in [0, 0.05) is 44.9 Å². The molecule has 0 spiro atoms. The molecule has 0 radical (unpaired) electrons. The van der Waals surface area contributed by atoms with E-state index in [1.807, 2.05) is 14.1 Å². The molecule has 0 bridgehead atoms. The molecule has 0 aromatic heterocycles. The van der Waals surface area contributed by atoms with Crippen LogP contribution in [0.3, 0.4) is 0 Å². The van der Waals surface area contributed by atoms with E-state index in [2.05, 4.69) is 39.8 Å². The Morgan fingerprint density at radius 2 is 1.76 bits per heavy atom. The molecule has 3 rings (SSSR count). The summed E-state index contributed by atoms with van der Waals surface area (Å²) in [5.74, 6) is -1.66. The van der Waals surface area contributed by atoms with Crippen LogP contribution in [0.25, 0.3) is 0 Å². The largest absolute Gasteiger partial charge is 0.390 e. The highest BCUT2D eigenvalue weighted by atomic mass is 19.1. The maximum absolute atomic E-state index is 13.7. The van der Waals surface area contributed by atoms with Crippen molar-refractivity contribution in [2.24, 2.45) is 0 Å². The van der Waals surface area contributed by atoms with Crippen LogP contribution in [0.5, 0.6) is 0 Å². The average molecular weight is 460 g/mol. The second-order valence-corrected chi connectivity index (χ2v) is 9.32. The topological polar surface area (TPSA) is 64.6 Å². The Hall–Kier alpha value is -2.51. The van der Waals surface area contributed by atoms with Crippen molar-refractivity contribution in [2.75, 3.05) is 25.5 Å². The fourth-order valence-corrected chi connectivity index (χ4v) is 4.77. The maximum Gasteiger partial charge on any atom is 0.217 e. The van der Waals surface area contributed by atoms with E-state index in [-0.39, 0.29) is 24.4 Å². The third kappa shape index (κ3) is 6.74. The van der Waals surface area contributed by atoms with Gasteiger partial charge in [-0.3, -0.25) is 4.79 Å². The molecule has 5 nitrogen and oxygen atoms in total. The van der Waals surface area contributed by atoms with Crippen LogP contribution in [-0.4, -0.2) is 43.8 Å². The highest BCUT2D eigenvalue weighted by Crippen LogP contribution is 2.38. The van der Waals surface area contributed by atoms with Gasteiger partial charge in [0.25, 0.3) is 0 Å². The van der Waals surface area contributed by atoms with Crippen molar-refractivity contribution in [3.8, 4) is 0 Å². The van der Waals surface area contributed by atoms with Gasteiger partial charge in [-0.05, 0) is 54.7 Å².